The summed E-state index contributed by atoms with van der Waals surface area (Å²) in [5.74, 6) is 0.806. The number of hydrogen-bond donors (Lipinski definition) is 2. The van der Waals surface area contributed by atoms with E-state index in [1.807, 2.05) is 13.8 Å². The van der Waals surface area contributed by atoms with Crippen LogP contribution < -0.4 is 15.4 Å². The minimum absolute atomic E-state index is 0.210. The summed E-state index contributed by atoms with van der Waals surface area (Å²) in [6, 6.07) is 5.84. The third kappa shape index (κ3) is 10.9. The molecule has 6 heteroatoms. The fraction of sp³-hybridized carbons (Fsp3) is 0.545. The van der Waals surface area contributed by atoms with Gasteiger partial charge in [-0.15, -0.1) is 26.0 Å². The molecule has 1 heterocycles. The van der Waals surface area contributed by atoms with E-state index in [4.69, 9.17) is 0 Å². The Bertz CT molecular complexity index is 572. The Kier molecular flexibility index (Phi) is 12.9. The average Bonchev–Trinajstić information content (AvgIpc) is 2.69. The van der Waals surface area contributed by atoms with Crippen molar-refractivity contribution < 1.29 is 17.9 Å². The van der Waals surface area contributed by atoms with Crippen molar-refractivity contribution in [3.8, 4) is 18.6 Å². The van der Waals surface area contributed by atoms with Crippen LogP contribution in [0.4, 0.5) is 18.9 Å². The van der Waals surface area contributed by atoms with Crippen LogP contribution >= 0.6 is 0 Å². The summed E-state index contributed by atoms with van der Waals surface area (Å²) in [6.45, 7) is 10.3. The highest BCUT2D eigenvalue weighted by atomic mass is 19.4. The van der Waals surface area contributed by atoms with Gasteiger partial charge in [-0.05, 0) is 68.5 Å². The minimum Gasteiger partial charge on any atom is -0.406 e. The van der Waals surface area contributed by atoms with Gasteiger partial charge in [0.2, 0.25) is 0 Å². The number of allylic oxidation sites excluding steroid dienone is 2. The quantitative estimate of drug-likeness (QED) is 0.560. The third-order valence-corrected chi connectivity index (χ3v) is 4.13. The van der Waals surface area contributed by atoms with Crippen molar-refractivity contribution in [2.45, 2.75) is 53.3 Å². The highest BCUT2D eigenvalue weighted by Crippen LogP contribution is 2.26. The van der Waals surface area contributed by atoms with Gasteiger partial charge >= 0.3 is 6.36 Å². The van der Waals surface area contributed by atoms with Gasteiger partial charge in [0.05, 0.1) is 0 Å². The predicted octanol–water partition coefficient (Wildman–Crippen LogP) is 6.20. The molecule has 0 radical (unpaired) electrons. The maximum atomic E-state index is 12.2. The van der Waals surface area contributed by atoms with Crippen LogP contribution in [-0.4, -0.2) is 19.5 Å². The first kappa shape index (κ1) is 25.9. The smallest absolute Gasteiger partial charge is 0.406 e. The summed E-state index contributed by atoms with van der Waals surface area (Å²) >= 11 is 0. The van der Waals surface area contributed by atoms with Crippen molar-refractivity contribution in [2.75, 3.05) is 18.4 Å². The molecule has 1 aromatic rings. The summed E-state index contributed by atoms with van der Waals surface area (Å²) in [5, 5.41) is 6.67. The maximum absolute atomic E-state index is 12.2. The molecule has 1 aliphatic rings. The highest BCUT2D eigenvalue weighted by molar-refractivity contribution is 5.50. The fourth-order valence-electron chi connectivity index (χ4n) is 2.75. The zero-order valence-electron chi connectivity index (χ0n) is 17.3. The van der Waals surface area contributed by atoms with Crippen LogP contribution in [0.25, 0.3) is 0 Å². The Balaban J connectivity index is 0.00000171. The molecule has 28 heavy (non-hydrogen) atoms. The lowest BCUT2D eigenvalue weighted by atomic mass is 9.93. The largest absolute Gasteiger partial charge is 0.573 e. The first-order chi connectivity index (χ1) is 13.3. The summed E-state index contributed by atoms with van der Waals surface area (Å²) in [5.41, 5.74) is 1.85. The number of rotatable bonds is 6. The van der Waals surface area contributed by atoms with Crippen molar-refractivity contribution in [2.24, 2.45) is 11.8 Å². The Morgan fingerprint density at radius 2 is 1.71 bits per heavy atom. The summed E-state index contributed by atoms with van der Waals surface area (Å²) in [4.78, 5) is 0. The van der Waals surface area contributed by atoms with E-state index < -0.39 is 6.36 Å². The number of nitrogens with one attached hydrogen (secondary N) is 2. The van der Waals surface area contributed by atoms with Gasteiger partial charge in [0.1, 0.15) is 5.75 Å². The van der Waals surface area contributed by atoms with Gasteiger partial charge in [-0.25, -0.2) is 0 Å². The highest BCUT2D eigenvalue weighted by Gasteiger charge is 2.30. The SMILES string of the molecule is C#C.CC.CC(C)/C(=C/CC1CCNCC1)Nc1ccc(OC(F)(F)F)cc1. The van der Waals surface area contributed by atoms with Crippen molar-refractivity contribution in [1.82, 2.24) is 5.32 Å². The lowest BCUT2D eigenvalue weighted by Crippen LogP contribution is -2.27. The Morgan fingerprint density at radius 3 is 2.18 bits per heavy atom. The lowest BCUT2D eigenvalue weighted by Gasteiger charge is -2.22. The van der Waals surface area contributed by atoms with Crippen LogP contribution in [0.1, 0.15) is 47.0 Å². The number of anilines is 1. The van der Waals surface area contributed by atoms with Crippen LogP contribution in [-0.2, 0) is 0 Å². The lowest BCUT2D eigenvalue weighted by molar-refractivity contribution is -0.274. The summed E-state index contributed by atoms with van der Waals surface area (Å²) < 4.78 is 40.4. The molecule has 2 rings (SSSR count). The zero-order valence-corrected chi connectivity index (χ0v) is 17.3. The Hall–Kier alpha value is -2.13. The molecule has 0 bridgehead atoms. The molecule has 0 aromatic heterocycles. The van der Waals surface area contributed by atoms with E-state index in [0.717, 1.165) is 30.9 Å². The van der Waals surface area contributed by atoms with E-state index in [0.29, 0.717) is 11.8 Å². The molecule has 1 fully saturated rings. The molecule has 1 aromatic carbocycles. The molecule has 0 atom stereocenters. The number of hydrogen-bond acceptors (Lipinski definition) is 3. The van der Waals surface area contributed by atoms with Crippen molar-refractivity contribution in [3.63, 3.8) is 0 Å². The number of benzene rings is 1. The van der Waals surface area contributed by atoms with Crippen molar-refractivity contribution >= 4 is 5.69 Å². The minimum atomic E-state index is -4.66. The average molecular weight is 399 g/mol. The van der Waals surface area contributed by atoms with Gasteiger partial charge < -0.3 is 15.4 Å². The van der Waals surface area contributed by atoms with Crippen LogP contribution in [0.5, 0.6) is 5.75 Å². The van der Waals surface area contributed by atoms with Crippen LogP contribution in [0.15, 0.2) is 36.0 Å². The summed E-state index contributed by atoms with van der Waals surface area (Å²) in [6.07, 6.45) is 8.96. The molecule has 3 nitrogen and oxygen atoms in total. The van der Waals surface area contributed by atoms with Crippen LogP contribution in [0.3, 0.4) is 0 Å². The first-order valence-corrected chi connectivity index (χ1v) is 9.70. The molecule has 0 aliphatic carbocycles. The molecular formula is C22H33F3N2O. The monoisotopic (exact) mass is 398 g/mol. The van der Waals surface area contributed by atoms with Gasteiger partial charge in [-0.1, -0.05) is 33.8 Å². The van der Waals surface area contributed by atoms with E-state index in [9.17, 15) is 13.2 Å². The second-order valence-electron chi connectivity index (χ2n) is 6.44. The maximum Gasteiger partial charge on any atom is 0.573 e. The second-order valence-corrected chi connectivity index (χ2v) is 6.44. The number of alkyl halides is 3. The second kappa shape index (κ2) is 14.0. The normalized spacial score (nSPS) is 15.0. The molecule has 2 N–H and O–H groups in total. The van der Waals surface area contributed by atoms with E-state index in [2.05, 4.69) is 48.1 Å². The van der Waals surface area contributed by atoms with Crippen LogP contribution in [0, 0.1) is 24.7 Å². The van der Waals surface area contributed by atoms with Gasteiger partial charge in [0, 0.05) is 11.4 Å². The number of terminal acetylenes is 1. The number of ether oxygens (including phenoxy) is 1. The Labute approximate surface area is 167 Å². The Morgan fingerprint density at radius 1 is 1.18 bits per heavy atom. The number of halogens is 3. The molecule has 1 aliphatic heterocycles. The molecular weight excluding hydrogens is 365 g/mol. The fourth-order valence-corrected chi connectivity index (χ4v) is 2.75. The summed E-state index contributed by atoms with van der Waals surface area (Å²) in [7, 11) is 0. The molecule has 1 saturated heterocycles. The van der Waals surface area contributed by atoms with E-state index in [1.54, 1.807) is 12.1 Å². The molecule has 158 valence electrons. The number of piperidine rings is 1. The van der Waals surface area contributed by atoms with Gasteiger partial charge in [-0.2, -0.15) is 0 Å². The molecule has 0 amide bonds. The van der Waals surface area contributed by atoms with Gasteiger partial charge in [0.15, 0.2) is 0 Å². The predicted molar refractivity (Wildman–Crippen MR) is 111 cm³/mol. The van der Waals surface area contributed by atoms with E-state index >= 15 is 0 Å². The van der Waals surface area contributed by atoms with E-state index in [1.165, 1.54) is 25.0 Å². The van der Waals surface area contributed by atoms with E-state index in [-0.39, 0.29) is 5.75 Å². The van der Waals surface area contributed by atoms with Crippen LogP contribution in [0.2, 0.25) is 0 Å². The molecule has 0 spiro atoms. The van der Waals surface area contributed by atoms with Gasteiger partial charge in [-0.3, -0.25) is 0 Å². The standard InChI is InChI=1S/C18H25F3N2O.C2H6.C2H2/c1-13(2)17(8-3-14-9-11-22-12-10-14)23-15-4-6-16(7-5-15)24-18(19,20)21;2*1-2/h4-8,13-14,22-23H,3,9-12H2,1-2H3;1-2H3;1-2H/b17-8-;;. The topological polar surface area (TPSA) is 33.3 Å². The van der Waals surface area contributed by atoms with Crippen molar-refractivity contribution in [3.05, 3.63) is 36.0 Å². The van der Waals surface area contributed by atoms with Gasteiger partial charge in [0.25, 0.3) is 0 Å². The van der Waals surface area contributed by atoms with Crippen molar-refractivity contribution in [1.29, 1.82) is 0 Å². The first-order valence-electron chi connectivity index (χ1n) is 9.70. The zero-order chi connectivity index (χ0) is 21.6. The molecule has 0 saturated carbocycles. The third-order valence-electron chi connectivity index (χ3n) is 4.13. The molecule has 0 unspecified atom stereocenters.